The highest BCUT2D eigenvalue weighted by Crippen LogP contribution is 2.49. The molecule has 1 fully saturated rings. The summed E-state index contributed by atoms with van der Waals surface area (Å²) in [6, 6.07) is 7.81. The lowest BCUT2D eigenvalue weighted by molar-refractivity contribution is -0.122. The second kappa shape index (κ2) is 5.60. The molecule has 104 valence electrons. The fourth-order valence-electron chi connectivity index (χ4n) is 2.05. The third kappa shape index (κ3) is 4.02. The average molecular weight is 347 g/mol. The van der Waals surface area contributed by atoms with Gasteiger partial charge in [-0.15, -0.1) is 0 Å². The van der Waals surface area contributed by atoms with Crippen molar-refractivity contribution in [1.82, 2.24) is 5.32 Å². The molecule has 1 amide bonds. The minimum Gasteiger partial charge on any atom is -0.355 e. The maximum atomic E-state index is 11.8. The van der Waals surface area contributed by atoms with Gasteiger partial charge in [-0.2, -0.15) is 0 Å². The molecule has 1 aliphatic rings. The lowest BCUT2D eigenvalue weighted by Crippen LogP contribution is -2.32. The van der Waals surface area contributed by atoms with Gasteiger partial charge in [-0.05, 0) is 24.0 Å². The smallest absolute Gasteiger partial charge is 0.223 e. The van der Waals surface area contributed by atoms with Crippen LogP contribution in [-0.2, 0) is 14.8 Å². The van der Waals surface area contributed by atoms with Crippen molar-refractivity contribution in [2.24, 2.45) is 11.1 Å². The van der Waals surface area contributed by atoms with Crippen LogP contribution in [0.1, 0.15) is 17.9 Å². The van der Waals surface area contributed by atoms with Crippen molar-refractivity contribution in [3.63, 3.8) is 0 Å². The zero-order valence-corrected chi connectivity index (χ0v) is 12.6. The van der Waals surface area contributed by atoms with Gasteiger partial charge in [-0.3, -0.25) is 4.79 Å². The summed E-state index contributed by atoms with van der Waals surface area (Å²) in [4.78, 5) is 11.8. The summed E-state index contributed by atoms with van der Waals surface area (Å²) in [5.74, 6) is -0.195. The highest BCUT2D eigenvalue weighted by atomic mass is 79.9. The molecule has 2 rings (SSSR count). The van der Waals surface area contributed by atoms with Gasteiger partial charge >= 0.3 is 0 Å². The Bertz CT molecular complexity index is 588. The number of sulfonamides is 1. The lowest BCUT2D eigenvalue weighted by Gasteiger charge is -2.05. The molecule has 0 radical (unpaired) electrons. The average Bonchev–Trinajstić information content (AvgIpc) is 3.07. The summed E-state index contributed by atoms with van der Waals surface area (Å²) in [5.41, 5.74) is 1.12. The molecule has 3 N–H and O–H groups in total. The van der Waals surface area contributed by atoms with Gasteiger partial charge in [-0.1, -0.05) is 34.1 Å². The molecule has 1 aliphatic carbocycles. The van der Waals surface area contributed by atoms with Crippen LogP contribution in [0.2, 0.25) is 0 Å². The summed E-state index contributed by atoms with van der Waals surface area (Å²) in [5, 5.41) is 7.47. The molecule has 0 bridgehead atoms. The maximum Gasteiger partial charge on any atom is 0.223 e. The molecule has 1 aromatic carbocycles. The Balaban J connectivity index is 1.86. The Labute approximate surface area is 120 Å². The van der Waals surface area contributed by atoms with E-state index in [2.05, 4.69) is 21.2 Å². The summed E-state index contributed by atoms with van der Waals surface area (Å²) >= 11 is 3.46. The van der Waals surface area contributed by atoms with Crippen LogP contribution in [0.5, 0.6) is 0 Å². The van der Waals surface area contributed by atoms with Crippen molar-refractivity contribution in [2.45, 2.75) is 12.3 Å². The predicted octanol–water partition coefficient (Wildman–Crippen LogP) is 0.957. The van der Waals surface area contributed by atoms with Crippen molar-refractivity contribution in [3.05, 3.63) is 34.3 Å². The second-order valence-electron chi connectivity index (χ2n) is 4.63. The van der Waals surface area contributed by atoms with Crippen molar-refractivity contribution in [1.29, 1.82) is 0 Å². The minimum absolute atomic E-state index is 0.0663. The van der Waals surface area contributed by atoms with Crippen LogP contribution in [-0.4, -0.2) is 26.6 Å². The molecule has 19 heavy (non-hydrogen) atoms. The van der Waals surface area contributed by atoms with E-state index in [4.69, 9.17) is 5.14 Å². The highest BCUT2D eigenvalue weighted by Gasteiger charge is 2.44. The van der Waals surface area contributed by atoms with Crippen LogP contribution < -0.4 is 10.5 Å². The number of amides is 1. The Hall–Kier alpha value is -0.920. The van der Waals surface area contributed by atoms with Crippen molar-refractivity contribution in [2.75, 3.05) is 12.3 Å². The molecule has 1 saturated carbocycles. The largest absolute Gasteiger partial charge is 0.355 e. The number of hydrogen-bond acceptors (Lipinski definition) is 3. The third-order valence-electron chi connectivity index (χ3n) is 3.12. The van der Waals surface area contributed by atoms with E-state index in [1.807, 2.05) is 24.3 Å². The Kier molecular flexibility index (Phi) is 4.27. The lowest BCUT2D eigenvalue weighted by atomic mass is 10.1. The summed E-state index contributed by atoms with van der Waals surface area (Å²) in [6.07, 6.45) is 0.795. The zero-order valence-electron chi connectivity index (χ0n) is 10.2. The van der Waals surface area contributed by atoms with Gasteiger partial charge in [0.1, 0.15) is 0 Å². The van der Waals surface area contributed by atoms with Gasteiger partial charge in [-0.25, -0.2) is 13.6 Å². The van der Waals surface area contributed by atoms with Gasteiger partial charge in [0.2, 0.25) is 15.9 Å². The molecule has 0 heterocycles. The van der Waals surface area contributed by atoms with E-state index in [0.29, 0.717) is 0 Å². The molecule has 0 aromatic heterocycles. The molecular weight excluding hydrogens is 332 g/mol. The number of nitrogens with one attached hydrogen (secondary N) is 1. The van der Waals surface area contributed by atoms with Crippen LogP contribution >= 0.6 is 15.9 Å². The van der Waals surface area contributed by atoms with E-state index in [1.165, 1.54) is 0 Å². The monoisotopic (exact) mass is 346 g/mol. The number of carbonyl (C=O) groups excluding carboxylic acids is 1. The van der Waals surface area contributed by atoms with Crippen LogP contribution in [0.15, 0.2) is 28.7 Å². The third-order valence-corrected chi connectivity index (χ3v) is 4.61. The highest BCUT2D eigenvalue weighted by molar-refractivity contribution is 9.10. The van der Waals surface area contributed by atoms with Gasteiger partial charge in [0, 0.05) is 16.9 Å². The molecule has 0 unspecified atom stereocenters. The topological polar surface area (TPSA) is 89.3 Å². The molecule has 0 aliphatic heterocycles. The normalized spacial score (nSPS) is 22.0. The first-order valence-electron chi connectivity index (χ1n) is 5.91. The number of benzene rings is 1. The number of nitrogens with two attached hydrogens (primary N) is 1. The van der Waals surface area contributed by atoms with E-state index < -0.39 is 10.0 Å². The van der Waals surface area contributed by atoms with E-state index in [9.17, 15) is 13.2 Å². The Morgan fingerprint density at radius 2 is 2.11 bits per heavy atom. The SMILES string of the molecule is NS(=O)(=O)CCNC(=O)[C@H]1C[C@H]1c1ccccc1Br. The van der Waals surface area contributed by atoms with E-state index >= 15 is 0 Å². The van der Waals surface area contributed by atoms with Gasteiger partial charge in [0.25, 0.3) is 0 Å². The van der Waals surface area contributed by atoms with Crippen LogP contribution in [0, 0.1) is 5.92 Å². The molecule has 2 atom stereocenters. The van der Waals surface area contributed by atoms with Crippen molar-refractivity contribution in [3.8, 4) is 0 Å². The minimum atomic E-state index is -3.52. The van der Waals surface area contributed by atoms with Crippen LogP contribution in [0.25, 0.3) is 0 Å². The fourth-order valence-corrected chi connectivity index (χ4v) is 3.02. The van der Waals surface area contributed by atoms with Crippen LogP contribution in [0.3, 0.4) is 0 Å². The predicted molar refractivity (Wildman–Crippen MR) is 76.0 cm³/mol. The first kappa shape index (κ1) is 14.5. The number of primary sulfonamides is 1. The van der Waals surface area contributed by atoms with Crippen LogP contribution in [0.4, 0.5) is 0 Å². The van der Waals surface area contributed by atoms with E-state index in [-0.39, 0.29) is 30.0 Å². The zero-order chi connectivity index (χ0) is 14.0. The van der Waals surface area contributed by atoms with E-state index in [1.54, 1.807) is 0 Å². The fraction of sp³-hybridized carbons (Fsp3) is 0.417. The quantitative estimate of drug-likeness (QED) is 0.831. The molecule has 5 nitrogen and oxygen atoms in total. The molecule has 0 spiro atoms. The Morgan fingerprint density at radius 3 is 2.74 bits per heavy atom. The molecular formula is C12H15BrN2O3S. The first-order valence-corrected chi connectivity index (χ1v) is 8.42. The van der Waals surface area contributed by atoms with E-state index in [0.717, 1.165) is 16.5 Å². The standard InChI is InChI=1S/C12H15BrN2O3S/c13-11-4-2-1-3-8(11)9-7-10(9)12(16)15-5-6-19(14,17)18/h1-4,9-10H,5-7H2,(H,15,16)(H2,14,17,18)/t9-,10-/m0/s1. The number of rotatable bonds is 5. The molecule has 7 heteroatoms. The summed E-state index contributed by atoms with van der Waals surface area (Å²) < 4.78 is 22.5. The van der Waals surface area contributed by atoms with Crippen molar-refractivity contribution >= 4 is 31.9 Å². The molecule has 0 saturated heterocycles. The van der Waals surface area contributed by atoms with Gasteiger partial charge < -0.3 is 5.32 Å². The van der Waals surface area contributed by atoms with Gasteiger partial charge in [0.05, 0.1) is 5.75 Å². The maximum absolute atomic E-state index is 11.8. The van der Waals surface area contributed by atoms with Gasteiger partial charge in [0.15, 0.2) is 0 Å². The number of hydrogen-bond donors (Lipinski definition) is 2. The van der Waals surface area contributed by atoms with Crippen molar-refractivity contribution < 1.29 is 13.2 Å². The molecule has 1 aromatic rings. The number of carbonyl (C=O) groups is 1. The summed E-state index contributed by atoms with van der Waals surface area (Å²) in [6.45, 7) is 0.0663. The first-order chi connectivity index (χ1) is 8.88. The summed E-state index contributed by atoms with van der Waals surface area (Å²) in [7, 11) is -3.52. The second-order valence-corrected chi connectivity index (χ2v) is 7.22. The Morgan fingerprint density at radius 1 is 1.42 bits per heavy atom. The number of halogens is 1.